The molecule has 0 saturated heterocycles. The second-order valence-electron chi connectivity index (χ2n) is 11.2. The van der Waals surface area contributed by atoms with E-state index in [1.54, 1.807) is 38.5 Å². The fourth-order valence-corrected chi connectivity index (χ4v) is 5.44. The molecule has 0 aliphatic carbocycles. The summed E-state index contributed by atoms with van der Waals surface area (Å²) in [4.78, 5) is 56.7. The lowest BCUT2D eigenvalue weighted by Gasteiger charge is -2.26. The fraction of sp³-hybridized carbons (Fsp3) is 0.433. The van der Waals surface area contributed by atoms with Gasteiger partial charge in [0.2, 0.25) is 0 Å². The van der Waals surface area contributed by atoms with Crippen molar-refractivity contribution >= 4 is 28.7 Å². The van der Waals surface area contributed by atoms with E-state index in [1.165, 1.54) is 6.92 Å². The lowest BCUT2D eigenvalue weighted by molar-refractivity contribution is -0.149. The Morgan fingerprint density at radius 1 is 1.20 bits per heavy atom. The van der Waals surface area contributed by atoms with Crippen molar-refractivity contribution in [2.45, 2.75) is 78.2 Å². The van der Waals surface area contributed by atoms with Crippen molar-refractivity contribution < 1.29 is 28.6 Å². The number of pyridine rings is 2. The van der Waals surface area contributed by atoms with E-state index >= 15 is 0 Å². The number of ketones is 1. The number of esters is 1. The van der Waals surface area contributed by atoms with Crippen molar-refractivity contribution in [3.8, 4) is 17.1 Å². The highest BCUT2D eigenvalue weighted by molar-refractivity contribution is 5.93. The molecule has 1 unspecified atom stereocenters. The summed E-state index contributed by atoms with van der Waals surface area (Å²) in [7, 11) is 1.62. The van der Waals surface area contributed by atoms with Crippen LogP contribution in [0.3, 0.4) is 0 Å². The number of Topliss-reactive ketones (excluding diaryl/α,β-unsaturated/α-hetero) is 1. The molecule has 0 fully saturated rings. The summed E-state index contributed by atoms with van der Waals surface area (Å²) in [5.74, 6) is -1.21. The van der Waals surface area contributed by atoms with E-state index in [4.69, 9.17) is 19.2 Å². The third-order valence-electron chi connectivity index (χ3n) is 7.40. The average molecular weight is 548 g/mol. The van der Waals surface area contributed by atoms with E-state index in [0.717, 1.165) is 34.2 Å². The van der Waals surface area contributed by atoms with Gasteiger partial charge in [0.05, 0.1) is 48.1 Å². The highest BCUT2D eigenvalue weighted by Crippen LogP contribution is 2.39. The predicted octanol–water partition coefficient (Wildman–Crippen LogP) is 4.01. The van der Waals surface area contributed by atoms with Gasteiger partial charge in [0.1, 0.15) is 18.0 Å². The molecular weight excluding hydrogens is 514 g/mol. The molecule has 2 atom stereocenters. The lowest BCUT2D eigenvalue weighted by Crippen LogP contribution is -2.43. The van der Waals surface area contributed by atoms with E-state index in [2.05, 4.69) is 12.2 Å². The molecule has 3 aromatic rings. The fourth-order valence-electron chi connectivity index (χ4n) is 5.44. The maximum absolute atomic E-state index is 13.7. The number of hydrogen-bond donors (Lipinski definition) is 1. The molecule has 0 radical (unpaired) electrons. The summed E-state index contributed by atoms with van der Waals surface area (Å²) in [5.41, 5.74) is 3.96. The number of hydrogen-bond acceptors (Lipinski definition) is 8. The molecule has 0 spiro atoms. The van der Waals surface area contributed by atoms with Gasteiger partial charge in [-0.1, -0.05) is 6.92 Å². The van der Waals surface area contributed by atoms with Gasteiger partial charge in [0.25, 0.3) is 5.56 Å². The van der Waals surface area contributed by atoms with E-state index < -0.39 is 29.6 Å². The first kappa shape index (κ1) is 27.4. The molecule has 1 amide bonds. The molecule has 2 aromatic heterocycles. The number of benzene rings is 1. The number of carbonyl (C=O) groups is 3. The molecule has 0 saturated carbocycles. The number of nitrogens with one attached hydrogen (secondary N) is 1. The standard InChI is InChI=1S/C30H33N3O7/c1-7-17-19-10-16(38-6)8-9-23(19)32-26-21(17)13-33-24(26)11-18-20(28(36)39-14-22(18)27(33)35)12-25(34)15(2)31-29(37)40-30(3,4)5/h8-11,15,20H,7,12-14H2,1-6H3,(H,31,37)/t15?,20-/m0/s1. The second-order valence-corrected chi connectivity index (χ2v) is 11.2. The molecule has 10 heteroatoms. The van der Waals surface area contributed by atoms with Crippen molar-refractivity contribution in [2.75, 3.05) is 7.11 Å². The second kappa shape index (κ2) is 10.1. The number of fused-ring (bicyclic) bond motifs is 5. The number of amides is 1. The smallest absolute Gasteiger partial charge is 0.408 e. The molecule has 2 aliphatic heterocycles. The largest absolute Gasteiger partial charge is 0.497 e. The van der Waals surface area contributed by atoms with Gasteiger partial charge in [-0.3, -0.25) is 14.4 Å². The average Bonchev–Trinajstić information content (AvgIpc) is 3.25. The molecule has 2 aliphatic rings. The summed E-state index contributed by atoms with van der Waals surface area (Å²) in [6, 6.07) is 6.60. The Balaban J connectivity index is 1.52. The minimum Gasteiger partial charge on any atom is -0.497 e. The van der Waals surface area contributed by atoms with Crippen molar-refractivity contribution in [1.82, 2.24) is 14.9 Å². The zero-order valence-electron chi connectivity index (χ0n) is 23.5. The number of alkyl carbamates (subject to hydrolysis) is 1. The van der Waals surface area contributed by atoms with Gasteiger partial charge in [-0.25, -0.2) is 9.78 Å². The van der Waals surface area contributed by atoms with E-state index in [9.17, 15) is 19.2 Å². The quantitative estimate of drug-likeness (QED) is 0.359. The molecule has 0 bridgehead atoms. The summed E-state index contributed by atoms with van der Waals surface area (Å²) < 4.78 is 17.7. The summed E-state index contributed by atoms with van der Waals surface area (Å²) in [6.07, 6.45) is -0.225. The van der Waals surface area contributed by atoms with Gasteiger partial charge in [-0.15, -0.1) is 0 Å². The number of nitrogens with zero attached hydrogens (tertiary/aromatic N) is 2. The highest BCUT2D eigenvalue weighted by atomic mass is 16.6. The van der Waals surface area contributed by atoms with E-state index in [-0.39, 0.29) is 24.4 Å². The van der Waals surface area contributed by atoms with Crippen LogP contribution < -0.4 is 15.6 Å². The minimum absolute atomic E-state index is 0.159. The number of rotatable bonds is 6. The van der Waals surface area contributed by atoms with Gasteiger partial charge in [-0.2, -0.15) is 0 Å². The molecule has 5 rings (SSSR count). The highest BCUT2D eigenvalue weighted by Gasteiger charge is 2.37. The Bertz CT molecular complexity index is 1620. The molecule has 4 heterocycles. The van der Waals surface area contributed by atoms with Gasteiger partial charge >= 0.3 is 12.1 Å². The zero-order valence-corrected chi connectivity index (χ0v) is 23.5. The zero-order chi connectivity index (χ0) is 28.9. The number of cyclic esters (lactones) is 1. The molecule has 1 N–H and O–H groups in total. The third kappa shape index (κ3) is 4.82. The maximum atomic E-state index is 13.7. The Morgan fingerprint density at radius 3 is 2.62 bits per heavy atom. The van der Waals surface area contributed by atoms with Crippen LogP contribution in [-0.2, 0) is 38.6 Å². The summed E-state index contributed by atoms with van der Waals surface area (Å²) in [5, 5.41) is 3.49. The van der Waals surface area contributed by atoms with Gasteiger partial charge < -0.3 is 24.1 Å². The number of carbonyl (C=O) groups excluding carboxylic acids is 3. The van der Waals surface area contributed by atoms with Crippen LogP contribution in [0, 0.1) is 0 Å². The minimum atomic E-state index is -0.975. The number of aryl methyl sites for hydroxylation is 1. The predicted molar refractivity (Wildman–Crippen MR) is 147 cm³/mol. The number of methoxy groups -OCH3 is 1. The maximum Gasteiger partial charge on any atom is 0.408 e. The van der Waals surface area contributed by atoms with Gasteiger partial charge in [-0.05, 0) is 69.5 Å². The lowest BCUT2D eigenvalue weighted by atomic mass is 9.87. The van der Waals surface area contributed by atoms with Gasteiger partial charge in [0, 0.05) is 17.4 Å². The Kier molecular flexibility index (Phi) is 6.89. The van der Waals surface area contributed by atoms with Crippen LogP contribution in [0.15, 0.2) is 29.1 Å². The van der Waals surface area contributed by atoms with Crippen LogP contribution in [0.1, 0.15) is 69.2 Å². The molecule has 10 nitrogen and oxygen atoms in total. The Hall–Kier alpha value is -4.21. The van der Waals surface area contributed by atoms with E-state index in [0.29, 0.717) is 29.1 Å². The van der Waals surface area contributed by atoms with Crippen molar-refractivity contribution in [1.29, 1.82) is 0 Å². The van der Waals surface area contributed by atoms with Crippen LogP contribution >= 0.6 is 0 Å². The van der Waals surface area contributed by atoms with Crippen LogP contribution in [0.5, 0.6) is 5.75 Å². The van der Waals surface area contributed by atoms with Crippen LogP contribution in [0.25, 0.3) is 22.3 Å². The Morgan fingerprint density at radius 2 is 1.95 bits per heavy atom. The molecule has 1 aromatic carbocycles. The van der Waals surface area contributed by atoms with E-state index in [1.807, 2.05) is 18.2 Å². The first-order chi connectivity index (χ1) is 18.9. The first-order valence-electron chi connectivity index (χ1n) is 13.4. The first-order valence-corrected chi connectivity index (χ1v) is 13.4. The normalized spacial score (nSPS) is 16.4. The van der Waals surface area contributed by atoms with Crippen molar-refractivity contribution in [2.24, 2.45) is 0 Å². The third-order valence-corrected chi connectivity index (χ3v) is 7.40. The van der Waals surface area contributed by atoms with Crippen LogP contribution in [0.2, 0.25) is 0 Å². The summed E-state index contributed by atoms with van der Waals surface area (Å²) in [6.45, 7) is 8.96. The molecular formula is C30H33N3O7. The summed E-state index contributed by atoms with van der Waals surface area (Å²) >= 11 is 0. The monoisotopic (exact) mass is 547 g/mol. The molecule has 40 heavy (non-hydrogen) atoms. The van der Waals surface area contributed by atoms with Crippen molar-refractivity contribution in [3.63, 3.8) is 0 Å². The van der Waals surface area contributed by atoms with Gasteiger partial charge in [0.15, 0.2) is 5.78 Å². The van der Waals surface area contributed by atoms with Crippen LogP contribution in [-0.4, -0.2) is 46.1 Å². The SMILES string of the molecule is CCc1c2c(nc3ccc(OC)cc13)-c1cc3c(c(=O)n1C2)COC(=O)[C@H]3CC(=O)C(C)NC(=O)OC(C)(C)C. The van der Waals surface area contributed by atoms with Crippen molar-refractivity contribution in [3.05, 3.63) is 56.9 Å². The Labute approximate surface area is 231 Å². The number of aromatic nitrogens is 2. The number of ether oxygens (including phenoxy) is 3. The molecule has 210 valence electrons. The topological polar surface area (TPSA) is 126 Å². The van der Waals surface area contributed by atoms with Crippen LogP contribution in [0.4, 0.5) is 4.79 Å².